The van der Waals surface area contributed by atoms with Crippen molar-refractivity contribution in [3.63, 3.8) is 0 Å². The first-order chi connectivity index (χ1) is 18.9. The third-order valence-electron chi connectivity index (χ3n) is 5.85. The summed E-state index contributed by atoms with van der Waals surface area (Å²) in [6.45, 7) is 4.24. The van der Waals surface area contributed by atoms with E-state index in [0.717, 1.165) is 0 Å². The molecule has 3 heterocycles. The van der Waals surface area contributed by atoms with Crippen LogP contribution in [-0.2, 0) is 23.4 Å². The molecule has 2 aromatic heterocycles. The smallest absolute Gasteiger partial charge is 0.459 e. The number of aliphatic hydroxyl groups is 1. The molecule has 40 heavy (non-hydrogen) atoms. The molecule has 0 aliphatic carbocycles. The van der Waals surface area contributed by atoms with Crippen molar-refractivity contribution in [1.82, 2.24) is 24.6 Å². The molecular weight excluding hydrogens is 548 g/mol. The average molecular weight is 582 g/mol. The predicted molar refractivity (Wildman–Crippen MR) is 143 cm³/mol. The van der Waals surface area contributed by atoms with Crippen molar-refractivity contribution in [2.45, 2.75) is 57.5 Å². The molecule has 0 amide bonds. The first-order valence-corrected chi connectivity index (χ1v) is 14.0. The van der Waals surface area contributed by atoms with E-state index in [1.165, 1.54) is 17.8 Å². The number of halogens is 1. The number of fused-ring (bicyclic) bond motifs is 1. The highest BCUT2D eigenvalue weighted by Gasteiger charge is 2.47. The van der Waals surface area contributed by atoms with E-state index >= 15 is 4.39 Å². The van der Waals surface area contributed by atoms with Gasteiger partial charge in [0.05, 0.1) is 19.0 Å². The van der Waals surface area contributed by atoms with Crippen LogP contribution in [0.5, 0.6) is 5.75 Å². The molecule has 1 aliphatic heterocycles. The molecule has 0 radical (unpaired) electrons. The zero-order valence-corrected chi connectivity index (χ0v) is 23.6. The number of carbonyl (C=O) groups is 1. The molecule has 4 rings (SSSR count). The molecule has 0 unspecified atom stereocenters. The van der Waals surface area contributed by atoms with Gasteiger partial charge in [-0.05, 0) is 32.9 Å². The molecular formula is C24H33FN7O7P. The molecule has 1 aliphatic rings. The molecule has 6 atom stereocenters. The van der Waals surface area contributed by atoms with Crippen LogP contribution in [0.4, 0.5) is 16.2 Å². The lowest BCUT2D eigenvalue weighted by atomic mass is 10.1. The van der Waals surface area contributed by atoms with Crippen molar-refractivity contribution in [3.8, 4) is 5.75 Å². The summed E-state index contributed by atoms with van der Waals surface area (Å²) in [6.07, 6.45) is -5.29. The minimum atomic E-state index is -4.26. The summed E-state index contributed by atoms with van der Waals surface area (Å²) >= 11 is 0. The Labute approximate surface area is 230 Å². The van der Waals surface area contributed by atoms with E-state index in [9.17, 15) is 14.5 Å². The third kappa shape index (κ3) is 6.50. The summed E-state index contributed by atoms with van der Waals surface area (Å²) in [4.78, 5) is 26.6. The average Bonchev–Trinajstić information content (AvgIpc) is 3.42. The van der Waals surface area contributed by atoms with Gasteiger partial charge in [0.1, 0.15) is 24.0 Å². The normalized spacial score (nSPS) is 23.2. The van der Waals surface area contributed by atoms with Gasteiger partial charge < -0.3 is 29.7 Å². The lowest BCUT2D eigenvalue weighted by Gasteiger charge is -2.25. The number of ether oxygens (including phenoxy) is 2. The quantitative estimate of drug-likeness (QED) is 0.222. The maximum atomic E-state index is 15.3. The molecule has 0 bridgehead atoms. The van der Waals surface area contributed by atoms with Crippen LogP contribution in [0, 0.1) is 0 Å². The Balaban J connectivity index is 1.53. The minimum absolute atomic E-state index is 0.0537. The Morgan fingerprint density at radius 2 is 1.98 bits per heavy atom. The van der Waals surface area contributed by atoms with E-state index in [1.807, 2.05) is 0 Å². The van der Waals surface area contributed by atoms with Gasteiger partial charge in [-0.2, -0.15) is 15.1 Å². The predicted octanol–water partition coefficient (Wildman–Crippen LogP) is 2.20. The zero-order valence-electron chi connectivity index (χ0n) is 22.7. The number of benzene rings is 1. The molecule has 3 aromatic rings. The van der Waals surface area contributed by atoms with Crippen LogP contribution in [0.1, 0.15) is 27.0 Å². The van der Waals surface area contributed by atoms with Gasteiger partial charge in [0, 0.05) is 14.1 Å². The molecule has 218 valence electrons. The number of esters is 1. The van der Waals surface area contributed by atoms with Gasteiger partial charge in [-0.15, -0.1) is 0 Å². The number of nitrogen functional groups attached to an aromatic ring is 1. The molecule has 4 N–H and O–H groups in total. The van der Waals surface area contributed by atoms with Gasteiger partial charge in [-0.1, -0.05) is 18.2 Å². The van der Waals surface area contributed by atoms with Crippen LogP contribution in [-0.4, -0.2) is 81.8 Å². The second kappa shape index (κ2) is 12.0. The number of nitrogens with one attached hydrogen (secondary N) is 1. The van der Waals surface area contributed by atoms with Crippen LogP contribution in [0.15, 0.2) is 36.7 Å². The van der Waals surface area contributed by atoms with Gasteiger partial charge >= 0.3 is 13.7 Å². The number of hydrogen-bond acceptors (Lipinski definition) is 12. The number of alkyl halides is 1. The fraction of sp³-hybridized carbons (Fsp3) is 0.500. The number of aliphatic hydroxyl groups excluding tert-OH is 1. The topological polar surface area (TPSA) is 176 Å². The Kier molecular flexibility index (Phi) is 8.90. The Bertz CT molecular complexity index is 1380. The summed E-state index contributed by atoms with van der Waals surface area (Å²) in [6, 6.07) is 7.06. The number of carbonyl (C=O) groups excluding carboxylic acids is 1. The van der Waals surface area contributed by atoms with E-state index in [1.54, 1.807) is 63.2 Å². The number of nitrogens with zero attached hydrogens (tertiary/aromatic N) is 5. The molecule has 1 fully saturated rings. The molecule has 1 saturated heterocycles. The first kappa shape index (κ1) is 29.6. The number of nitrogens with two attached hydrogens (primary N) is 1. The highest BCUT2D eigenvalue weighted by Crippen LogP contribution is 2.46. The fourth-order valence-electron chi connectivity index (χ4n) is 3.99. The molecule has 16 heteroatoms. The third-order valence-corrected chi connectivity index (χ3v) is 7.49. The largest absolute Gasteiger partial charge is 0.462 e. The summed E-state index contributed by atoms with van der Waals surface area (Å²) in [7, 11) is -0.773. The van der Waals surface area contributed by atoms with Crippen LogP contribution < -0.4 is 20.2 Å². The summed E-state index contributed by atoms with van der Waals surface area (Å²) in [5.74, 6) is -0.120. The maximum Gasteiger partial charge on any atom is 0.459 e. The number of anilines is 2. The maximum absolute atomic E-state index is 15.3. The van der Waals surface area contributed by atoms with E-state index in [-0.39, 0.29) is 17.3 Å². The SMILES string of the molecule is CC(C)OC(=O)[C@H](C)N[P@](=O)(OC[C@H]1O[C@@H](n2cnc3c(N(C)C)nc(N)nc32)[C@@H](F)[C@@H]1O)Oc1ccccc1. The standard InChI is InChI=1S/C24H33FN7O7P/c1-13(2)37-23(34)14(3)30-40(35,39-15-9-7-6-8-10-15)36-11-16-19(33)17(25)22(38-16)32-12-27-18-20(31(4)5)28-24(26)29-21(18)32/h6-10,12-14,16-17,19,22,33H,11H2,1-5H3,(H,30,35)(H2,26,28,29)/t14-,16+,17-,19+,22+,40-/m0/s1. The fourth-order valence-corrected chi connectivity index (χ4v) is 5.49. The van der Waals surface area contributed by atoms with Crippen LogP contribution in [0.25, 0.3) is 11.2 Å². The van der Waals surface area contributed by atoms with E-state index < -0.39 is 57.1 Å². The molecule has 14 nitrogen and oxygen atoms in total. The van der Waals surface area contributed by atoms with Crippen molar-refractivity contribution < 1.29 is 37.4 Å². The summed E-state index contributed by atoms with van der Waals surface area (Å²) in [5, 5.41) is 13.2. The van der Waals surface area contributed by atoms with Crippen molar-refractivity contribution in [2.75, 3.05) is 31.3 Å². The van der Waals surface area contributed by atoms with Crippen molar-refractivity contribution >= 4 is 36.6 Å². The minimum Gasteiger partial charge on any atom is -0.462 e. The first-order valence-electron chi connectivity index (χ1n) is 12.5. The number of hydrogen-bond donors (Lipinski definition) is 3. The molecule has 1 aromatic carbocycles. The Morgan fingerprint density at radius 3 is 2.62 bits per heavy atom. The van der Waals surface area contributed by atoms with Crippen molar-refractivity contribution in [1.29, 1.82) is 0 Å². The van der Waals surface area contributed by atoms with Crippen LogP contribution in [0.3, 0.4) is 0 Å². The van der Waals surface area contributed by atoms with Crippen LogP contribution >= 0.6 is 7.75 Å². The second-order valence-electron chi connectivity index (χ2n) is 9.66. The van der Waals surface area contributed by atoms with Gasteiger partial charge in [-0.25, -0.2) is 13.9 Å². The second-order valence-corrected chi connectivity index (χ2v) is 11.4. The summed E-state index contributed by atoms with van der Waals surface area (Å²) in [5.41, 5.74) is 6.41. The number of rotatable bonds is 11. The highest BCUT2D eigenvalue weighted by molar-refractivity contribution is 7.52. The molecule has 0 saturated carbocycles. The van der Waals surface area contributed by atoms with Crippen molar-refractivity contribution in [2.24, 2.45) is 0 Å². The summed E-state index contributed by atoms with van der Waals surface area (Å²) < 4.78 is 52.5. The molecule has 0 spiro atoms. The lowest BCUT2D eigenvalue weighted by molar-refractivity contribution is -0.149. The Morgan fingerprint density at radius 1 is 1.27 bits per heavy atom. The van der Waals surface area contributed by atoms with Crippen LogP contribution in [0.2, 0.25) is 0 Å². The van der Waals surface area contributed by atoms with E-state index in [4.69, 9.17) is 24.3 Å². The van der Waals surface area contributed by atoms with Gasteiger partial charge in [0.2, 0.25) is 5.95 Å². The number of aromatic nitrogens is 4. The number of imidazole rings is 1. The van der Waals surface area contributed by atoms with E-state index in [2.05, 4.69) is 20.0 Å². The lowest BCUT2D eigenvalue weighted by Crippen LogP contribution is -2.37. The Hall–Kier alpha value is -3.36. The van der Waals surface area contributed by atoms with Crippen molar-refractivity contribution in [3.05, 3.63) is 36.7 Å². The number of para-hydroxylation sites is 1. The van der Waals surface area contributed by atoms with Gasteiger partial charge in [-0.3, -0.25) is 13.9 Å². The van der Waals surface area contributed by atoms with Gasteiger partial charge in [0.25, 0.3) is 0 Å². The zero-order chi connectivity index (χ0) is 29.2. The monoisotopic (exact) mass is 581 g/mol. The van der Waals surface area contributed by atoms with E-state index in [0.29, 0.717) is 11.3 Å². The van der Waals surface area contributed by atoms with Gasteiger partial charge in [0.15, 0.2) is 29.4 Å². The highest BCUT2D eigenvalue weighted by atomic mass is 31.2.